The molecule has 3 aliphatic rings. The molecule has 3 unspecified atom stereocenters. The third kappa shape index (κ3) is 1.70. The lowest BCUT2D eigenvalue weighted by atomic mass is 9.70. The van der Waals surface area contributed by atoms with Gasteiger partial charge in [0.15, 0.2) is 0 Å². The Morgan fingerprint density at radius 2 is 1.79 bits per heavy atom. The van der Waals surface area contributed by atoms with E-state index in [1.807, 2.05) is 0 Å². The van der Waals surface area contributed by atoms with Gasteiger partial charge in [0.2, 0.25) is 0 Å². The van der Waals surface area contributed by atoms with Gasteiger partial charge in [0.1, 0.15) is 0 Å². The van der Waals surface area contributed by atoms with Gasteiger partial charge in [0.05, 0.1) is 17.9 Å². The van der Waals surface area contributed by atoms with Crippen molar-refractivity contribution in [2.75, 3.05) is 0 Å². The van der Waals surface area contributed by atoms with Gasteiger partial charge in [0.25, 0.3) is 0 Å². The molecule has 0 saturated carbocycles. The van der Waals surface area contributed by atoms with Crippen molar-refractivity contribution in [3.8, 4) is 0 Å². The third-order valence-corrected chi connectivity index (χ3v) is 4.22. The van der Waals surface area contributed by atoms with E-state index < -0.39 is 29.8 Å². The molecule has 0 bridgehead atoms. The lowest BCUT2D eigenvalue weighted by molar-refractivity contribution is -0.155. The van der Waals surface area contributed by atoms with E-state index >= 15 is 0 Å². The van der Waals surface area contributed by atoms with Gasteiger partial charge in [0, 0.05) is 5.57 Å². The molecule has 0 aromatic rings. The average Bonchev–Trinajstić information content (AvgIpc) is 2.81. The molecule has 0 N–H and O–H groups in total. The number of cyclic esters (lactones) is 4. The zero-order chi connectivity index (χ0) is 13.7. The van der Waals surface area contributed by atoms with Gasteiger partial charge in [-0.3, -0.25) is 9.59 Å². The summed E-state index contributed by atoms with van der Waals surface area (Å²) in [6.45, 7) is 1.79. The molecule has 6 nitrogen and oxygen atoms in total. The number of ether oxygens (including phenoxy) is 2. The molecule has 2 heterocycles. The van der Waals surface area contributed by atoms with Crippen LogP contribution in [0.25, 0.3) is 0 Å². The number of hydrogen-bond acceptors (Lipinski definition) is 6. The molecule has 0 radical (unpaired) electrons. The maximum atomic E-state index is 11.7. The molecule has 0 aromatic carbocycles. The lowest BCUT2D eigenvalue weighted by Gasteiger charge is -2.30. The second-order valence-electron chi connectivity index (χ2n) is 5.16. The Bertz CT molecular complexity index is 543. The second kappa shape index (κ2) is 4.01. The third-order valence-electron chi connectivity index (χ3n) is 4.22. The van der Waals surface area contributed by atoms with Crippen LogP contribution >= 0.6 is 0 Å². The fraction of sp³-hybridized carbons (Fsp3) is 0.538. The SMILES string of the molecule is CC1C2=C(CCC1C1CC(=O)OC1=O)C(=O)OC2=O. The van der Waals surface area contributed by atoms with Crippen LogP contribution in [0.5, 0.6) is 0 Å². The van der Waals surface area contributed by atoms with Crippen molar-refractivity contribution >= 4 is 23.9 Å². The van der Waals surface area contributed by atoms with Crippen molar-refractivity contribution in [1.29, 1.82) is 0 Å². The first kappa shape index (κ1) is 12.1. The Morgan fingerprint density at radius 3 is 2.42 bits per heavy atom. The summed E-state index contributed by atoms with van der Waals surface area (Å²) in [5.41, 5.74) is 0.792. The topological polar surface area (TPSA) is 86.7 Å². The van der Waals surface area contributed by atoms with Crippen molar-refractivity contribution in [2.24, 2.45) is 17.8 Å². The van der Waals surface area contributed by atoms with Crippen molar-refractivity contribution in [3.63, 3.8) is 0 Å². The van der Waals surface area contributed by atoms with Gasteiger partial charge in [-0.1, -0.05) is 6.92 Å². The fourth-order valence-corrected chi connectivity index (χ4v) is 3.27. The molecule has 2 aliphatic heterocycles. The van der Waals surface area contributed by atoms with Crippen molar-refractivity contribution in [2.45, 2.75) is 26.2 Å². The molecule has 0 amide bonds. The van der Waals surface area contributed by atoms with E-state index in [0.29, 0.717) is 24.0 Å². The van der Waals surface area contributed by atoms with E-state index in [1.165, 1.54) is 0 Å². The minimum absolute atomic E-state index is 0.0550. The van der Waals surface area contributed by atoms with E-state index in [4.69, 9.17) is 0 Å². The van der Waals surface area contributed by atoms with Crippen LogP contribution in [0.3, 0.4) is 0 Å². The van der Waals surface area contributed by atoms with Crippen LogP contribution in [0.1, 0.15) is 26.2 Å². The maximum Gasteiger partial charge on any atom is 0.342 e. The van der Waals surface area contributed by atoms with E-state index in [2.05, 4.69) is 9.47 Å². The molecule has 6 heteroatoms. The Labute approximate surface area is 108 Å². The molecule has 0 spiro atoms. The number of carbonyl (C=O) groups is 4. The smallest absolute Gasteiger partial charge is 0.342 e. The summed E-state index contributed by atoms with van der Waals surface area (Å²) < 4.78 is 9.16. The molecular weight excluding hydrogens is 252 g/mol. The van der Waals surface area contributed by atoms with Crippen LogP contribution in [0, 0.1) is 17.8 Å². The molecule has 19 heavy (non-hydrogen) atoms. The number of hydrogen-bond donors (Lipinski definition) is 0. The van der Waals surface area contributed by atoms with Crippen molar-refractivity contribution in [1.82, 2.24) is 0 Å². The van der Waals surface area contributed by atoms with Gasteiger partial charge in [-0.05, 0) is 24.7 Å². The minimum Gasteiger partial charge on any atom is -0.393 e. The summed E-state index contributed by atoms with van der Waals surface area (Å²) in [4.78, 5) is 45.9. The van der Waals surface area contributed by atoms with Crippen LogP contribution in [0.15, 0.2) is 11.1 Å². The molecule has 100 valence electrons. The Balaban J connectivity index is 1.90. The Kier molecular flexibility index (Phi) is 2.55. The van der Waals surface area contributed by atoms with Crippen LogP contribution in [0.2, 0.25) is 0 Å². The number of rotatable bonds is 1. The average molecular weight is 264 g/mol. The summed E-state index contributed by atoms with van der Waals surface area (Å²) in [7, 11) is 0. The fourth-order valence-electron chi connectivity index (χ4n) is 3.27. The quantitative estimate of drug-likeness (QED) is 0.506. The number of esters is 4. The Hall–Kier alpha value is -1.98. The summed E-state index contributed by atoms with van der Waals surface area (Å²) in [5, 5.41) is 0. The van der Waals surface area contributed by atoms with Gasteiger partial charge >= 0.3 is 23.9 Å². The minimum atomic E-state index is -0.616. The second-order valence-corrected chi connectivity index (χ2v) is 5.16. The summed E-state index contributed by atoms with van der Waals surface area (Å²) in [5.74, 6) is -3.18. The molecule has 3 rings (SSSR count). The first-order valence-corrected chi connectivity index (χ1v) is 6.23. The first-order valence-electron chi connectivity index (χ1n) is 6.23. The van der Waals surface area contributed by atoms with Crippen LogP contribution < -0.4 is 0 Å². The van der Waals surface area contributed by atoms with E-state index in [-0.39, 0.29) is 18.3 Å². The van der Waals surface area contributed by atoms with Gasteiger partial charge < -0.3 is 9.47 Å². The first-order chi connectivity index (χ1) is 8.99. The van der Waals surface area contributed by atoms with Crippen molar-refractivity contribution in [3.05, 3.63) is 11.1 Å². The molecule has 3 atom stereocenters. The van der Waals surface area contributed by atoms with Crippen molar-refractivity contribution < 1.29 is 28.7 Å². The predicted octanol–water partition coefficient (Wildman–Crippen LogP) is 0.502. The van der Waals surface area contributed by atoms with Gasteiger partial charge in [-0.15, -0.1) is 0 Å². The maximum absolute atomic E-state index is 11.7. The molecule has 0 aromatic heterocycles. The van der Waals surface area contributed by atoms with E-state index in [0.717, 1.165) is 0 Å². The van der Waals surface area contributed by atoms with Crippen LogP contribution in [-0.4, -0.2) is 23.9 Å². The van der Waals surface area contributed by atoms with Crippen LogP contribution in [0.4, 0.5) is 0 Å². The molecule has 1 saturated heterocycles. The van der Waals surface area contributed by atoms with Gasteiger partial charge in [-0.2, -0.15) is 0 Å². The summed E-state index contributed by atoms with van der Waals surface area (Å²) in [6, 6.07) is 0. The van der Waals surface area contributed by atoms with Gasteiger partial charge in [-0.25, -0.2) is 9.59 Å². The standard InChI is InChI=1S/C13H12O6/c1-5-6(8-4-9(14)18-12(8)16)2-3-7-10(5)13(17)19-11(7)15/h5-6,8H,2-4H2,1H3. The predicted molar refractivity (Wildman–Crippen MR) is 59.2 cm³/mol. The monoisotopic (exact) mass is 264 g/mol. The molecular formula is C13H12O6. The Morgan fingerprint density at radius 1 is 1.05 bits per heavy atom. The van der Waals surface area contributed by atoms with Crippen LogP contribution in [-0.2, 0) is 28.7 Å². The highest BCUT2D eigenvalue weighted by atomic mass is 16.6. The molecule has 1 fully saturated rings. The zero-order valence-corrected chi connectivity index (χ0v) is 10.3. The summed E-state index contributed by atoms with van der Waals surface area (Å²) in [6.07, 6.45) is 1.04. The largest absolute Gasteiger partial charge is 0.393 e. The lowest BCUT2D eigenvalue weighted by Crippen LogP contribution is -2.31. The highest BCUT2D eigenvalue weighted by molar-refractivity contribution is 6.13. The highest BCUT2D eigenvalue weighted by Gasteiger charge is 2.48. The van der Waals surface area contributed by atoms with E-state index in [9.17, 15) is 19.2 Å². The number of carbonyl (C=O) groups excluding carboxylic acids is 4. The highest BCUT2D eigenvalue weighted by Crippen LogP contribution is 2.44. The summed E-state index contributed by atoms with van der Waals surface area (Å²) >= 11 is 0. The molecule has 1 aliphatic carbocycles. The normalized spacial score (nSPS) is 34.5. The zero-order valence-electron chi connectivity index (χ0n) is 10.3. The van der Waals surface area contributed by atoms with E-state index in [1.54, 1.807) is 6.92 Å².